The van der Waals surface area contributed by atoms with Crippen molar-refractivity contribution in [2.24, 2.45) is 22.2 Å². The minimum atomic E-state index is -0.691. The first-order valence-corrected chi connectivity index (χ1v) is 6.94. The van der Waals surface area contributed by atoms with Gasteiger partial charge in [0.05, 0.1) is 18.3 Å². The van der Waals surface area contributed by atoms with Crippen LogP contribution in [-0.2, 0) is 0 Å². The van der Waals surface area contributed by atoms with Gasteiger partial charge in [0.2, 0.25) is 0 Å². The highest BCUT2D eigenvalue weighted by molar-refractivity contribution is 5.32. The normalized spacial score (nSPS) is 56.8. The van der Waals surface area contributed by atoms with E-state index in [1.165, 1.54) is 0 Å². The van der Waals surface area contributed by atoms with Gasteiger partial charge < -0.3 is 15.3 Å². The first-order chi connectivity index (χ1) is 8.23. The van der Waals surface area contributed by atoms with Gasteiger partial charge in [-0.05, 0) is 24.7 Å². The van der Waals surface area contributed by atoms with Gasteiger partial charge >= 0.3 is 0 Å². The zero-order chi connectivity index (χ0) is 13.4. The first kappa shape index (κ1) is 12.6. The molecule has 3 N–H and O–H groups in total. The van der Waals surface area contributed by atoms with Crippen molar-refractivity contribution in [2.45, 2.75) is 51.7 Å². The molecule has 3 rings (SSSR count). The van der Waals surface area contributed by atoms with Crippen LogP contribution in [0.3, 0.4) is 0 Å². The highest BCUT2D eigenvalue weighted by Gasteiger charge is 2.73. The van der Waals surface area contributed by atoms with Crippen molar-refractivity contribution >= 4 is 0 Å². The van der Waals surface area contributed by atoms with Gasteiger partial charge in [0.25, 0.3) is 0 Å². The Labute approximate surface area is 109 Å². The maximum absolute atomic E-state index is 11.0. The molecule has 2 fully saturated rings. The van der Waals surface area contributed by atoms with Crippen molar-refractivity contribution in [1.29, 1.82) is 0 Å². The molecule has 3 aliphatic rings. The quantitative estimate of drug-likeness (QED) is 0.619. The molecule has 5 atom stereocenters. The molecular formula is C15H24O3. The van der Waals surface area contributed by atoms with E-state index in [9.17, 15) is 15.3 Å². The smallest absolute Gasteiger partial charge is 0.0784 e. The maximum Gasteiger partial charge on any atom is 0.0784 e. The van der Waals surface area contributed by atoms with E-state index in [0.29, 0.717) is 0 Å². The van der Waals surface area contributed by atoms with Crippen LogP contribution in [0.4, 0.5) is 0 Å². The average molecular weight is 252 g/mol. The second-order valence-corrected chi connectivity index (χ2v) is 7.48. The molecular weight excluding hydrogens is 228 g/mol. The Balaban J connectivity index is 2.07. The SMILES string of the molecule is CC1(C)C[C@H]2[C@@]3(CO)C=C[C@@H](O)[C@@]3(C)CC[C@]21O. The highest BCUT2D eigenvalue weighted by Crippen LogP contribution is 2.72. The molecule has 0 heterocycles. The van der Waals surface area contributed by atoms with E-state index in [0.717, 1.165) is 19.3 Å². The molecule has 3 heteroatoms. The number of rotatable bonds is 1. The Morgan fingerprint density at radius 3 is 2.44 bits per heavy atom. The van der Waals surface area contributed by atoms with Crippen LogP contribution in [0.5, 0.6) is 0 Å². The first-order valence-electron chi connectivity index (χ1n) is 6.94. The molecule has 0 unspecified atom stereocenters. The number of aliphatic hydroxyl groups is 3. The largest absolute Gasteiger partial charge is 0.395 e. The number of hydrogen-bond donors (Lipinski definition) is 3. The zero-order valence-electron chi connectivity index (χ0n) is 11.5. The van der Waals surface area contributed by atoms with Crippen LogP contribution in [-0.4, -0.2) is 33.6 Å². The summed E-state index contributed by atoms with van der Waals surface area (Å²) in [7, 11) is 0. The number of fused-ring (bicyclic) bond motifs is 3. The van der Waals surface area contributed by atoms with E-state index in [4.69, 9.17) is 0 Å². The molecule has 3 aliphatic carbocycles. The third-order valence-electron chi connectivity index (χ3n) is 6.66. The van der Waals surface area contributed by atoms with Gasteiger partial charge in [0.1, 0.15) is 0 Å². The Morgan fingerprint density at radius 2 is 1.89 bits per heavy atom. The molecule has 102 valence electrons. The standard InChI is InChI=1S/C15H24O3/c1-12(2)8-10-14(9-16)5-4-11(17)13(14,3)6-7-15(10,12)18/h4-5,10-11,16-18H,6-9H2,1-3H3/t10-,11+,13+,14-,15-/m0/s1. The van der Waals surface area contributed by atoms with Crippen molar-refractivity contribution in [3.05, 3.63) is 12.2 Å². The summed E-state index contributed by atoms with van der Waals surface area (Å²) in [5.74, 6) is 0.0668. The molecule has 2 saturated carbocycles. The summed E-state index contributed by atoms with van der Waals surface area (Å²) in [6, 6.07) is 0. The van der Waals surface area contributed by atoms with Gasteiger partial charge in [-0.2, -0.15) is 0 Å². The lowest BCUT2D eigenvalue weighted by atomic mass is 9.36. The Hall–Kier alpha value is -0.380. The molecule has 0 spiro atoms. The maximum atomic E-state index is 11.0. The lowest BCUT2D eigenvalue weighted by molar-refractivity contribution is -0.291. The molecule has 0 aromatic rings. The van der Waals surface area contributed by atoms with Gasteiger partial charge in [-0.1, -0.05) is 32.9 Å². The van der Waals surface area contributed by atoms with Gasteiger partial charge in [-0.25, -0.2) is 0 Å². The minimum absolute atomic E-state index is 0.0140. The molecule has 0 aromatic heterocycles. The lowest BCUT2D eigenvalue weighted by Gasteiger charge is -2.70. The fourth-order valence-corrected chi connectivity index (χ4v) is 4.95. The topological polar surface area (TPSA) is 60.7 Å². The molecule has 0 aromatic carbocycles. The molecule has 0 bridgehead atoms. The summed E-state index contributed by atoms with van der Waals surface area (Å²) in [6.07, 6.45) is 5.68. The van der Waals surface area contributed by atoms with Crippen molar-refractivity contribution in [3.8, 4) is 0 Å². The predicted molar refractivity (Wildman–Crippen MR) is 68.8 cm³/mol. The van der Waals surface area contributed by atoms with Crippen LogP contribution < -0.4 is 0 Å². The molecule has 18 heavy (non-hydrogen) atoms. The van der Waals surface area contributed by atoms with Crippen molar-refractivity contribution in [2.75, 3.05) is 6.61 Å². The van der Waals surface area contributed by atoms with Crippen LogP contribution in [0, 0.1) is 22.2 Å². The zero-order valence-corrected chi connectivity index (χ0v) is 11.5. The molecule has 0 radical (unpaired) electrons. The molecule has 0 amide bonds. The lowest BCUT2D eigenvalue weighted by Crippen LogP contribution is -2.72. The number of hydrogen-bond acceptors (Lipinski definition) is 3. The van der Waals surface area contributed by atoms with Crippen molar-refractivity contribution in [3.63, 3.8) is 0 Å². The van der Waals surface area contributed by atoms with Gasteiger partial charge in [0.15, 0.2) is 0 Å². The van der Waals surface area contributed by atoms with E-state index < -0.39 is 17.1 Å². The van der Waals surface area contributed by atoms with E-state index in [-0.39, 0.29) is 23.4 Å². The Morgan fingerprint density at radius 1 is 1.22 bits per heavy atom. The van der Waals surface area contributed by atoms with Crippen LogP contribution in [0.1, 0.15) is 40.0 Å². The minimum Gasteiger partial charge on any atom is -0.395 e. The third kappa shape index (κ3) is 1.04. The van der Waals surface area contributed by atoms with Crippen LogP contribution in [0.2, 0.25) is 0 Å². The van der Waals surface area contributed by atoms with Crippen LogP contribution in [0.15, 0.2) is 12.2 Å². The second kappa shape index (κ2) is 3.20. The van der Waals surface area contributed by atoms with Gasteiger partial charge in [0, 0.05) is 16.7 Å². The van der Waals surface area contributed by atoms with Gasteiger partial charge in [-0.3, -0.25) is 0 Å². The van der Waals surface area contributed by atoms with Gasteiger partial charge in [-0.15, -0.1) is 0 Å². The summed E-state index contributed by atoms with van der Waals surface area (Å²) < 4.78 is 0. The molecule has 3 nitrogen and oxygen atoms in total. The van der Waals surface area contributed by atoms with E-state index >= 15 is 0 Å². The fraction of sp³-hybridized carbons (Fsp3) is 0.867. The fourth-order valence-electron chi connectivity index (χ4n) is 4.95. The van der Waals surface area contributed by atoms with Crippen LogP contribution in [0.25, 0.3) is 0 Å². The summed E-state index contributed by atoms with van der Waals surface area (Å²) in [5, 5.41) is 31.2. The Kier molecular flexibility index (Phi) is 2.24. The summed E-state index contributed by atoms with van der Waals surface area (Å²) in [6.45, 7) is 6.28. The predicted octanol–water partition coefficient (Wildman–Crippen LogP) is 1.47. The molecule has 0 aliphatic heterocycles. The summed E-state index contributed by atoms with van der Waals surface area (Å²) in [5.41, 5.74) is -1.55. The van der Waals surface area contributed by atoms with E-state index in [1.54, 1.807) is 0 Å². The van der Waals surface area contributed by atoms with E-state index in [2.05, 4.69) is 20.8 Å². The van der Waals surface area contributed by atoms with Crippen LogP contribution >= 0.6 is 0 Å². The Bertz CT molecular complexity index is 416. The monoisotopic (exact) mass is 252 g/mol. The van der Waals surface area contributed by atoms with Crippen molar-refractivity contribution in [1.82, 2.24) is 0 Å². The number of aliphatic hydroxyl groups excluding tert-OH is 2. The second-order valence-electron chi connectivity index (χ2n) is 7.48. The summed E-state index contributed by atoms with van der Waals surface area (Å²) in [4.78, 5) is 0. The third-order valence-corrected chi connectivity index (χ3v) is 6.66. The van der Waals surface area contributed by atoms with Crippen molar-refractivity contribution < 1.29 is 15.3 Å². The highest BCUT2D eigenvalue weighted by atomic mass is 16.3. The summed E-state index contributed by atoms with van der Waals surface area (Å²) >= 11 is 0. The molecule has 0 saturated heterocycles. The average Bonchev–Trinajstić information content (AvgIpc) is 2.58. The van der Waals surface area contributed by atoms with E-state index in [1.807, 2.05) is 12.2 Å².